The highest BCUT2D eigenvalue weighted by atomic mass is 79.9. The number of anilines is 1. The molecule has 2 aromatic carbocycles. The highest BCUT2D eigenvalue weighted by molar-refractivity contribution is 9.10. The van der Waals surface area contributed by atoms with E-state index in [-0.39, 0.29) is 23.4 Å². The monoisotopic (exact) mass is 488 g/mol. The van der Waals surface area contributed by atoms with Gasteiger partial charge in [0.1, 0.15) is 11.6 Å². The van der Waals surface area contributed by atoms with Crippen molar-refractivity contribution in [2.75, 3.05) is 32.1 Å². The van der Waals surface area contributed by atoms with E-state index in [1.54, 1.807) is 67.5 Å². The fraction of sp³-hybridized carbons (Fsp3) is 0.217. The van der Waals surface area contributed by atoms with E-state index < -0.39 is 0 Å². The van der Waals surface area contributed by atoms with Crippen LogP contribution in [0, 0.1) is 5.82 Å². The summed E-state index contributed by atoms with van der Waals surface area (Å²) in [6.45, 7) is 0.841. The molecule has 0 radical (unpaired) electrons. The van der Waals surface area contributed by atoms with Crippen molar-refractivity contribution in [2.24, 2.45) is 0 Å². The quantitative estimate of drug-likeness (QED) is 0.418. The molecule has 0 aliphatic heterocycles. The molecular weight excluding hydrogens is 467 g/mol. The Hall–Kier alpha value is -3.13. The van der Waals surface area contributed by atoms with Crippen LogP contribution in [0.4, 0.5) is 10.1 Å². The number of hydrogen-bond donors (Lipinski definition) is 0. The molecule has 0 aliphatic carbocycles. The van der Waals surface area contributed by atoms with E-state index in [1.165, 1.54) is 17.0 Å². The molecule has 0 bridgehead atoms. The first-order valence-corrected chi connectivity index (χ1v) is 10.4. The van der Waals surface area contributed by atoms with E-state index in [9.17, 15) is 14.0 Å². The molecule has 0 atom stereocenters. The van der Waals surface area contributed by atoms with Crippen LogP contribution < -0.4 is 9.64 Å². The van der Waals surface area contributed by atoms with Crippen LogP contribution in [-0.4, -0.2) is 44.0 Å². The molecule has 3 rings (SSSR count). The van der Waals surface area contributed by atoms with Gasteiger partial charge in [-0.1, -0.05) is 12.1 Å². The lowest BCUT2D eigenvalue weighted by atomic mass is 10.1. The minimum Gasteiger partial charge on any atom is -0.494 e. The van der Waals surface area contributed by atoms with Crippen molar-refractivity contribution in [2.45, 2.75) is 6.42 Å². The molecule has 0 aliphatic rings. The fourth-order valence-corrected chi connectivity index (χ4v) is 3.29. The fourth-order valence-electron chi connectivity index (χ4n) is 2.98. The summed E-state index contributed by atoms with van der Waals surface area (Å²) in [4.78, 5) is 28.7. The summed E-state index contributed by atoms with van der Waals surface area (Å²) in [6.07, 6.45) is 0.594. The average molecular weight is 489 g/mol. The Balaban J connectivity index is 1.61. The van der Waals surface area contributed by atoms with Gasteiger partial charge in [0.25, 0.3) is 11.8 Å². The van der Waals surface area contributed by atoms with E-state index in [0.29, 0.717) is 41.2 Å². The zero-order valence-corrected chi connectivity index (χ0v) is 18.8. The van der Waals surface area contributed by atoms with Crippen molar-refractivity contribution in [3.05, 3.63) is 82.5 Å². The number of halogens is 2. The number of carbonyl (C=O) groups is 2. The van der Waals surface area contributed by atoms with Gasteiger partial charge < -0.3 is 19.0 Å². The van der Waals surface area contributed by atoms with Gasteiger partial charge in [0.05, 0.1) is 17.9 Å². The Bertz CT molecular complexity index is 1050. The second kappa shape index (κ2) is 10.3. The number of benzene rings is 2. The Kier molecular flexibility index (Phi) is 7.46. The van der Waals surface area contributed by atoms with Crippen LogP contribution in [-0.2, 0) is 0 Å². The van der Waals surface area contributed by atoms with E-state index in [1.807, 2.05) is 0 Å². The maximum Gasteiger partial charge on any atom is 0.293 e. The van der Waals surface area contributed by atoms with Crippen molar-refractivity contribution in [1.29, 1.82) is 0 Å². The first-order chi connectivity index (χ1) is 14.9. The topological polar surface area (TPSA) is 63.0 Å². The summed E-state index contributed by atoms with van der Waals surface area (Å²) in [5, 5.41) is 0. The van der Waals surface area contributed by atoms with Crippen molar-refractivity contribution in [3.8, 4) is 5.75 Å². The maximum atomic E-state index is 13.0. The van der Waals surface area contributed by atoms with Gasteiger partial charge in [-0.15, -0.1) is 0 Å². The molecular formula is C23H22BrFN2O4. The highest BCUT2D eigenvalue weighted by Crippen LogP contribution is 2.24. The summed E-state index contributed by atoms with van der Waals surface area (Å²) >= 11 is 3.19. The summed E-state index contributed by atoms with van der Waals surface area (Å²) in [6, 6.07) is 15.9. The molecule has 1 heterocycles. The molecule has 2 amide bonds. The smallest absolute Gasteiger partial charge is 0.293 e. The Labute approximate surface area is 188 Å². The van der Waals surface area contributed by atoms with Gasteiger partial charge in [0, 0.05) is 20.6 Å². The molecule has 8 heteroatoms. The van der Waals surface area contributed by atoms with Crippen molar-refractivity contribution in [3.63, 3.8) is 0 Å². The van der Waals surface area contributed by atoms with Gasteiger partial charge in [0.15, 0.2) is 10.4 Å². The normalized spacial score (nSPS) is 10.6. The first-order valence-electron chi connectivity index (χ1n) is 9.63. The average Bonchev–Trinajstić information content (AvgIpc) is 3.22. The number of carbonyl (C=O) groups excluding carboxylic acids is 2. The third-order valence-corrected chi connectivity index (χ3v) is 5.08. The Morgan fingerprint density at radius 2 is 1.71 bits per heavy atom. The predicted molar refractivity (Wildman–Crippen MR) is 119 cm³/mol. The van der Waals surface area contributed by atoms with Crippen LogP contribution in [0.5, 0.6) is 5.75 Å². The summed E-state index contributed by atoms with van der Waals surface area (Å²) < 4.78 is 24.3. The standard InChI is InChI=1S/C23H22BrFN2O4/c1-26(14-5-15-30-17-10-8-16(25)9-11-17)22(28)18-6-3-4-7-19(18)27(2)23(29)20-12-13-21(24)31-20/h3-4,6-13H,5,14-15H2,1-2H3. The number of para-hydroxylation sites is 1. The van der Waals surface area contributed by atoms with Gasteiger partial charge in [-0.2, -0.15) is 0 Å². The molecule has 0 spiro atoms. The maximum absolute atomic E-state index is 13.0. The molecule has 162 valence electrons. The van der Waals surface area contributed by atoms with E-state index >= 15 is 0 Å². The third kappa shape index (κ3) is 5.73. The van der Waals surface area contributed by atoms with Crippen LogP contribution in [0.15, 0.2) is 69.8 Å². The Morgan fingerprint density at radius 3 is 2.39 bits per heavy atom. The minimum absolute atomic E-state index is 0.169. The molecule has 0 fully saturated rings. The SMILES string of the molecule is CN(CCCOc1ccc(F)cc1)C(=O)c1ccccc1N(C)C(=O)c1ccc(Br)o1. The molecule has 31 heavy (non-hydrogen) atoms. The number of furan rings is 1. The van der Waals surface area contributed by atoms with Crippen molar-refractivity contribution in [1.82, 2.24) is 4.90 Å². The van der Waals surface area contributed by atoms with Gasteiger partial charge in [-0.3, -0.25) is 9.59 Å². The highest BCUT2D eigenvalue weighted by Gasteiger charge is 2.23. The van der Waals surface area contributed by atoms with Crippen LogP contribution in [0.2, 0.25) is 0 Å². The summed E-state index contributed by atoms with van der Waals surface area (Å²) in [5.74, 6) is -0.146. The first kappa shape index (κ1) is 22.6. The van der Waals surface area contributed by atoms with Gasteiger partial charge >= 0.3 is 0 Å². The zero-order valence-electron chi connectivity index (χ0n) is 17.2. The second-order valence-electron chi connectivity index (χ2n) is 6.87. The third-order valence-electron chi connectivity index (χ3n) is 4.65. The number of hydrogen-bond acceptors (Lipinski definition) is 4. The number of rotatable bonds is 8. The lowest BCUT2D eigenvalue weighted by Crippen LogP contribution is -2.32. The lowest BCUT2D eigenvalue weighted by molar-refractivity contribution is 0.0788. The van der Waals surface area contributed by atoms with Gasteiger partial charge in [-0.25, -0.2) is 4.39 Å². The molecule has 0 unspecified atom stereocenters. The van der Waals surface area contributed by atoms with Crippen LogP contribution in [0.25, 0.3) is 0 Å². The summed E-state index contributed by atoms with van der Waals surface area (Å²) in [7, 11) is 3.30. The molecule has 3 aromatic rings. The van der Waals surface area contributed by atoms with Gasteiger partial charge in [0.2, 0.25) is 0 Å². The molecule has 0 saturated carbocycles. The van der Waals surface area contributed by atoms with Crippen LogP contribution in [0.1, 0.15) is 27.3 Å². The van der Waals surface area contributed by atoms with Crippen LogP contribution in [0.3, 0.4) is 0 Å². The Morgan fingerprint density at radius 1 is 1.00 bits per heavy atom. The number of nitrogens with zero attached hydrogens (tertiary/aromatic N) is 2. The predicted octanol–water partition coefficient (Wildman–Crippen LogP) is 5.00. The molecule has 6 nitrogen and oxygen atoms in total. The molecule has 1 aromatic heterocycles. The van der Waals surface area contributed by atoms with Gasteiger partial charge in [-0.05, 0) is 70.9 Å². The lowest BCUT2D eigenvalue weighted by Gasteiger charge is -2.23. The minimum atomic E-state index is -0.360. The van der Waals surface area contributed by atoms with E-state index in [2.05, 4.69) is 15.9 Å². The van der Waals surface area contributed by atoms with Crippen molar-refractivity contribution >= 4 is 33.4 Å². The largest absolute Gasteiger partial charge is 0.494 e. The number of amides is 2. The van der Waals surface area contributed by atoms with E-state index in [4.69, 9.17) is 9.15 Å². The number of ether oxygens (including phenoxy) is 1. The molecule has 0 N–H and O–H groups in total. The van der Waals surface area contributed by atoms with E-state index in [0.717, 1.165) is 0 Å². The zero-order chi connectivity index (χ0) is 22.4. The molecule has 0 saturated heterocycles. The van der Waals surface area contributed by atoms with Crippen molar-refractivity contribution < 1.29 is 23.1 Å². The van der Waals surface area contributed by atoms with Crippen LogP contribution >= 0.6 is 15.9 Å². The second-order valence-corrected chi connectivity index (χ2v) is 7.65. The summed E-state index contributed by atoms with van der Waals surface area (Å²) in [5.41, 5.74) is 0.894.